The summed E-state index contributed by atoms with van der Waals surface area (Å²) in [6.45, 7) is 4.14. The Hall–Kier alpha value is -3.14. The lowest BCUT2D eigenvalue weighted by Gasteiger charge is -2.38. The summed E-state index contributed by atoms with van der Waals surface area (Å²) < 4.78 is 11.9. The zero-order valence-corrected chi connectivity index (χ0v) is 15.8. The predicted octanol–water partition coefficient (Wildman–Crippen LogP) is 4.96. The third kappa shape index (κ3) is 2.52. The molecule has 0 N–H and O–H groups in total. The molecule has 3 aromatic rings. The number of hydrogen-bond acceptors (Lipinski definition) is 4. The molecule has 5 rings (SSSR count). The SMILES string of the molecule is CC1(C)CC(=O)C2=C(C1)Oc1c(c(=O)oc3ccccc13)C2c1ccccc1. The van der Waals surface area contributed by atoms with E-state index in [2.05, 4.69) is 13.8 Å². The van der Waals surface area contributed by atoms with Crippen LogP contribution in [0.25, 0.3) is 11.0 Å². The molecule has 4 heteroatoms. The van der Waals surface area contributed by atoms with Crippen LogP contribution in [-0.2, 0) is 4.79 Å². The summed E-state index contributed by atoms with van der Waals surface area (Å²) in [6, 6.07) is 17.0. The molecule has 0 amide bonds. The molecule has 28 heavy (non-hydrogen) atoms. The van der Waals surface area contributed by atoms with Gasteiger partial charge < -0.3 is 9.15 Å². The van der Waals surface area contributed by atoms with E-state index in [0.29, 0.717) is 41.1 Å². The molecule has 2 heterocycles. The third-order valence-electron chi connectivity index (χ3n) is 5.61. The number of rotatable bonds is 1. The van der Waals surface area contributed by atoms with Crippen LogP contribution in [0.2, 0.25) is 0 Å². The van der Waals surface area contributed by atoms with E-state index in [-0.39, 0.29) is 11.2 Å². The smallest absolute Gasteiger partial charge is 0.344 e. The average molecular weight is 372 g/mol. The van der Waals surface area contributed by atoms with E-state index in [1.165, 1.54) is 0 Å². The van der Waals surface area contributed by atoms with Crippen molar-refractivity contribution in [1.82, 2.24) is 0 Å². The standard InChI is InChI=1S/C24H20O4/c1-24(2)12-16(25)20-18(13-24)27-22-15-10-6-7-11-17(15)28-23(26)21(22)19(20)14-8-4-3-5-9-14/h3-11,19H,12-13H2,1-2H3. The largest absolute Gasteiger partial charge is 0.460 e. The number of hydrogen-bond donors (Lipinski definition) is 0. The zero-order chi connectivity index (χ0) is 19.5. The maximum Gasteiger partial charge on any atom is 0.344 e. The van der Waals surface area contributed by atoms with E-state index in [0.717, 1.165) is 10.9 Å². The minimum atomic E-state index is -0.468. The van der Waals surface area contributed by atoms with Gasteiger partial charge in [-0.15, -0.1) is 0 Å². The lowest BCUT2D eigenvalue weighted by Crippen LogP contribution is -2.34. The fourth-order valence-electron chi connectivity index (χ4n) is 4.43. The molecule has 1 atom stereocenters. The van der Waals surface area contributed by atoms with Crippen molar-refractivity contribution in [1.29, 1.82) is 0 Å². The fourth-order valence-corrected chi connectivity index (χ4v) is 4.43. The molecule has 2 aliphatic rings. The van der Waals surface area contributed by atoms with Crippen molar-refractivity contribution in [3.8, 4) is 5.75 Å². The minimum Gasteiger partial charge on any atom is -0.460 e. The average Bonchev–Trinajstić information content (AvgIpc) is 2.66. The molecule has 4 nitrogen and oxygen atoms in total. The highest BCUT2D eigenvalue weighted by molar-refractivity contribution is 6.01. The first-order valence-electron chi connectivity index (χ1n) is 9.49. The Labute approximate surface area is 162 Å². The van der Waals surface area contributed by atoms with Gasteiger partial charge in [-0.05, 0) is 23.1 Å². The predicted molar refractivity (Wildman–Crippen MR) is 106 cm³/mol. The summed E-state index contributed by atoms with van der Waals surface area (Å²) >= 11 is 0. The van der Waals surface area contributed by atoms with Gasteiger partial charge in [-0.3, -0.25) is 4.79 Å². The van der Waals surface area contributed by atoms with Gasteiger partial charge in [0.05, 0.1) is 16.9 Å². The highest BCUT2D eigenvalue weighted by Crippen LogP contribution is 2.50. The van der Waals surface area contributed by atoms with Crippen LogP contribution in [-0.4, -0.2) is 5.78 Å². The number of benzene rings is 2. The van der Waals surface area contributed by atoms with Crippen LogP contribution < -0.4 is 10.4 Å². The quantitative estimate of drug-likeness (QED) is 0.567. The summed E-state index contributed by atoms with van der Waals surface area (Å²) in [6.07, 6.45) is 1.10. The van der Waals surface area contributed by atoms with Crippen molar-refractivity contribution in [3.63, 3.8) is 0 Å². The maximum atomic E-state index is 13.1. The number of ketones is 1. The highest BCUT2D eigenvalue weighted by atomic mass is 16.5. The van der Waals surface area contributed by atoms with Gasteiger partial charge in [-0.1, -0.05) is 56.3 Å². The van der Waals surface area contributed by atoms with Crippen molar-refractivity contribution >= 4 is 16.8 Å². The number of ether oxygens (including phenoxy) is 1. The van der Waals surface area contributed by atoms with Gasteiger partial charge in [-0.25, -0.2) is 4.79 Å². The van der Waals surface area contributed by atoms with Gasteiger partial charge >= 0.3 is 5.63 Å². The van der Waals surface area contributed by atoms with Crippen LogP contribution in [0.3, 0.4) is 0 Å². The molecule has 0 saturated carbocycles. The van der Waals surface area contributed by atoms with Crippen LogP contribution in [0.1, 0.15) is 43.7 Å². The molecule has 1 aliphatic carbocycles. The summed E-state index contributed by atoms with van der Waals surface area (Å²) in [5.74, 6) is 0.769. The van der Waals surface area contributed by atoms with Gasteiger partial charge in [0.15, 0.2) is 5.78 Å². The summed E-state index contributed by atoms with van der Waals surface area (Å²) in [5.41, 5.74) is 1.77. The number of Topliss-reactive ketones (excluding diaryl/α,β-unsaturated/α-hetero) is 1. The van der Waals surface area contributed by atoms with E-state index in [1.54, 1.807) is 6.07 Å². The molecule has 1 unspecified atom stereocenters. The lowest BCUT2D eigenvalue weighted by atomic mass is 9.70. The number of allylic oxidation sites excluding steroid dienone is 2. The number of carbonyl (C=O) groups is 1. The first-order valence-corrected chi connectivity index (χ1v) is 9.49. The molecular weight excluding hydrogens is 352 g/mol. The van der Waals surface area contributed by atoms with E-state index in [4.69, 9.17) is 9.15 Å². The Morgan fingerprint density at radius 2 is 1.64 bits per heavy atom. The molecule has 1 aromatic heterocycles. The number of para-hydroxylation sites is 1. The second kappa shape index (κ2) is 5.93. The van der Waals surface area contributed by atoms with Crippen LogP contribution in [0.4, 0.5) is 0 Å². The second-order valence-electron chi connectivity index (χ2n) is 8.35. The molecule has 0 saturated heterocycles. The summed E-state index contributed by atoms with van der Waals surface area (Å²) in [4.78, 5) is 26.1. The molecule has 0 fully saturated rings. The van der Waals surface area contributed by atoms with E-state index >= 15 is 0 Å². The fraction of sp³-hybridized carbons (Fsp3) is 0.250. The topological polar surface area (TPSA) is 56.5 Å². The molecule has 0 spiro atoms. The molecule has 140 valence electrons. The van der Waals surface area contributed by atoms with Crippen LogP contribution in [0.5, 0.6) is 5.75 Å². The first kappa shape index (κ1) is 17.0. The molecule has 1 aliphatic heterocycles. The van der Waals surface area contributed by atoms with E-state index in [9.17, 15) is 9.59 Å². The second-order valence-corrected chi connectivity index (χ2v) is 8.35. The first-order chi connectivity index (χ1) is 13.4. The van der Waals surface area contributed by atoms with Crippen LogP contribution >= 0.6 is 0 Å². The van der Waals surface area contributed by atoms with Gasteiger partial charge in [0.2, 0.25) is 0 Å². The van der Waals surface area contributed by atoms with Crippen molar-refractivity contribution in [2.75, 3.05) is 0 Å². The summed E-state index contributed by atoms with van der Waals surface area (Å²) in [5, 5.41) is 0.750. The number of carbonyl (C=O) groups excluding carboxylic acids is 1. The highest BCUT2D eigenvalue weighted by Gasteiger charge is 2.44. The Morgan fingerprint density at radius 3 is 2.43 bits per heavy atom. The van der Waals surface area contributed by atoms with Crippen molar-refractivity contribution in [2.45, 2.75) is 32.6 Å². The molecular formula is C24H20O4. The van der Waals surface area contributed by atoms with Gasteiger partial charge in [0.25, 0.3) is 0 Å². The van der Waals surface area contributed by atoms with Crippen molar-refractivity contribution in [2.24, 2.45) is 5.41 Å². The number of fused-ring (bicyclic) bond motifs is 3. The van der Waals surface area contributed by atoms with Gasteiger partial charge in [-0.2, -0.15) is 0 Å². The Morgan fingerprint density at radius 1 is 0.929 bits per heavy atom. The Balaban J connectivity index is 1.85. The van der Waals surface area contributed by atoms with Crippen molar-refractivity contribution in [3.05, 3.63) is 87.5 Å². The maximum absolute atomic E-state index is 13.1. The van der Waals surface area contributed by atoms with Gasteiger partial charge in [0.1, 0.15) is 17.1 Å². The Kier molecular flexibility index (Phi) is 3.60. The van der Waals surface area contributed by atoms with Crippen molar-refractivity contribution < 1.29 is 13.9 Å². The molecule has 0 bridgehead atoms. The zero-order valence-electron chi connectivity index (χ0n) is 15.8. The lowest BCUT2D eigenvalue weighted by molar-refractivity contribution is -0.118. The Bertz CT molecular complexity index is 1200. The van der Waals surface area contributed by atoms with Crippen LogP contribution in [0.15, 0.2) is 75.1 Å². The van der Waals surface area contributed by atoms with Gasteiger partial charge in [0, 0.05) is 18.4 Å². The minimum absolute atomic E-state index is 0.0401. The van der Waals surface area contributed by atoms with E-state index in [1.807, 2.05) is 48.5 Å². The normalized spacial score (nSPS) is 20.5. The van der Waals surface area contributed by atoms with Crippen LogP contribution in [0, 0.1) is 5.41 Å². The molecule has 0 radical (unpaired) electrons. The monoisotopic (exact) mass is 372 g/mol. The third-order valence-corrected chi connectivity index (χ3v) is 5.61. The summed E-state index contributed by atoms with van der Waals surface area (Å²) in [7, 11) is 0. The van der Waals surface area contributed by atoms with E-state index < -0.39 is 11.5 Å². The molecule has 2 aromatic carbocycles.